The third kappa shape index (κ3) is 5.71. The summed E-state index contributed by atoms with van der Waals surface area (Å²) in [6, 6.07) is 6.35. The molecule has 10 nitrogen and oxygen atoms in total. The Morgan fingerprint density at radius 3 is 2.65 bits per heavy atom. The van der Waals surface area contributed by atoms with Gasteiger partial charge in [0.25, 0.3) is 5.91 Å². The molecule has 3 aromatic rings. The predicted octanol–water partition coefficient (Wildman–Crippen LogP) is 1.71. The molecule has 0 atom stereocenters. The lowest BCUT2D eigenvalue weighted by Crippen LogP contribution is -2.29. The van der Waals surface area contributed by atoms with Crippen LogP contribution in [0.3, 0.4) is 0 Å². The van der Waals surface area contributed by atoms with Gasteiger partial charge < -0.3 is 15.4 Å². The lowest BCUT2D eigenvalue weighted by molar-refractivity contribution is -0.129. The average Bonchev–Trinajstić information content (AvgIpc) is 3.20. The molecule has 2 heterocycles. The maximum Gasteiger partial charge on any atom is 0.254 e. The summed E-state index contributed by atoms with van der Waals surface area (Å²) in [4.78, 5) is 30.5. The molecule has 11 heteroatoms. The fraction of sp³-hybridized carbons (Fsp3) is 0.391. The van der Waals surface area contributed by atoms with E-state index >= 15 is 0 Å². The molecule has 0 unspecified atom stereocenters. The fourth-order valence-electron chi connectivity index (χ4n) is 3.68. The van der Waals surface area contributed by atoms with E-state index in [1.165, 1.54) is 18.3 Å². The van der Waals surface area contributed by atoms with E-state index < -0.39 is 15.7 Å². The van der Waals surface area contributed by atoms with Crippen molar-refractivity contribution in [3.8, 4) is 5.75 Å². The molecular formula is C23H29N5O5S. The molecule has 0 aliphatic carbocycles. The van der Waals surface area contributed by atoms with Crippen molar-refractivity contribution in [1.29, 1.82) is 0 Å². The zero-order chi connectivity index (χ0) is 25.0. The number of carbonyl (C=O) groups excluding carboxylic acids is 2. The van der Waals surface area contributed by atoms with Crippen molar-refractivity contribution in [2.45, 2.75) is 38.0 Å². The van der Waals surface area contributed by atoms with Gasteiger partial charge in [-0.05, 0) is 50.5 Å². The molecule has 0 saturated heterocycles. The minimum Gasteiger partial charge on any atom is -0.493 e. The summed E-state index contributed by atoms with van der Waals surface area (Å²) < 4.78 is 30.5. The minimum atomic E-state index is -3.29. The van der Waals surface area contributed by atoms with E-state index in [9.17, 15) is 18.0 Å². The molecule has 182 valence electrons. The monoisotopic (exact) mass is 487 g/mol. The van der Waals surface area contributed by atoms with Crippen molar-refractivity contribution in [2.75, 3.05) is 26.5 Å². The van der Waals surface area contributed by atoms with E-state index in [2.05, 4.69) is 10.1 Å². The molecule has 0 aliphatic rings. The van der Waals surface area contributed by atoms with Crippen LogP contribution < -0.4 is 10.5 Å². The van der Waals surface area contributed by atoms with Crippen LogP contribution in [0.4, 0.5) is 0 Å². The lowest BCUT2D eigenvalue weighted by atomic mass is 10.1. The number of ether oxygens (including phenoxy) is 1. The molecule has 2 N–H and O–H groups in total. The number of sulfone groups is 1. The molecule has 0 fully saturated rings. The normalized spacial score (nSPS) is 11.5. The van der Waals surface area contributed by atoms with Crippen LogP contribution in [-0.4, -0.2) is 66.2 Å². The van der Waals surface area contributed by atoms with Gasteiger partial charge in [-0.25, -0.2) is 17.9 Å². The van der Waals surface area contributed by atoms with Crippen LogP contribution in [-0.2, 0) is 21.1 Å². The number of hydrogen-bond donors (Lipinski definition) is 1. The van der Waals surface area contributed by atoms with Gasteiger partial charge in [-0.1, -0.05) is 6.07 Å². The van der Waals surface area contributed by atoms with Crippen LogP contribution in [0.25, 0.3) is 5.65 Å². The third-order valence-corrected chi connectivity index (χ3v) is 6.74. The Morgan fingerprint density at radius 1 is 1.24 bits per heavy atom. The Bertz CT molecular complexity index is 1330. The maximum absolute atomic E-state index is 12.6. The highest BCUT2D eigenvalue weighted by molar-refractivity contribution is 7.90. The summed E-state index contributed by atoms with van der Waals surface area (Å²) in [5, 5.41) is 4.21. The van der Waals surface area contributed by atoms with Crippen molar-refractivity contribution < 1.29 is 22.7 Å². The van der Waals surface area contributed by atoms with Crippen LogP contribution in [0.1, 0.15) is 40.2 Å². The van der Waals surface area contributed by atoms with E-state index in [-0.39, 0.29) is 16.4 Å². The van der Waals surface area contributed by atoms with Gasteiger partial charge in [0.05, 0.1) is 17.7 Å². The van der Waals surface area contributed by atoms with E-state index in [4.69, 9.17) is 10.5 Å². The van der Waals surface area contributed by atoms with Crippen LogP contribution >= 0.6 is 0 Å². The Balaban J connectivity index is 1.53. The summed E-state index contributed by atoms with van der Waals surface area (Å²) in [7, 11) is -1.56. The van der Waals surface area contributed by atoms with E-state index in [1.807, 2.05) is 13.8 Å². The molecular weight excluding hydrogens is 458 g/mol. The van der Waals surface area contributed by atoms with Gasteiger partial charge in [-0.3, -0.25) is 9.59 Å². The Hall–Kier alpha value is -3.47. The molecule has 1 aromatic carbocycles. The first-order valence-corrected chi connectivity index (χ1v) is 12.7. The molecule has 0 aliphatic heterocycles. The number of rotatable bonds is 10. The molecule has 2 amide bonds. The number of carbonyl (C=O) groups is 2. The third-order valence-electron chi connectivity index (χ3n) is 5.63. The number of aryl methyl sites for hydroxylation is 2. The van der Waals surface area contributed by atoms with E-state index in [1.54, 1.807) is 28.6 Å². The molecule has 0 bridgehead atoms. The zero-order valence-electron chi connectivity index (χ0n) is 19.7. The molecule has 3 rings (SSSR count). The first kappa shape index (κ1) is 25.2. The number of hydrogen-bond acceptors (Lipinski definition) is 7. The highest BCUT2D eigenvalue weighted by atomic mass is 32.2. The second-order valence-corrected chi connectivity index (χ2v) is 10.2. The van der Waals surface area contributed by atoms with Crippen molar-refractivity contribution >= 4 is 27.3 Å². The summed E-state index contributed by atoms with van der Waals surface area (Å²) in [6.07, 6.45) is 3.94. The Kier molecular flexibility index (Phi) is 7.55. The Morgan fingerprint density at radius 2 is 1.97 bits per heavy atom. The van der Waals surface area contributed by atoms with Crippen LogP contribution in [0, 0.1) is 13.8 Å². The van der Waals surface area contributed by atoms with Crippen LogP contribution in [0.2, 0.25) is 0 Å². The lowest BCUT2D eigenvalue weighted by Gasteiger charge is -2.18. The standard InChI is InChI=1S/C23H29N5O5S/c1-15-19(16(2)28-23(26-15)20(14-25-28)22(24)30)9-10-21(29)27(3)11-6-12-33-17-7-5-8-18(13-17)34(4,31)32/h5,7-8,13-14H,6,9-12H2,1-4H3,(H2,24,30). The first-order chi connectivity index (χ1) is 16.0. The van der Waals surface area contributed by atoms with Crippen molar-refractivity contribution in [1.82, 2.24) is 19.5 Å². The number of nitrogens with two attached hydrogens (primary N) is 1. The predicted molar refractivity (Wildman–Crippen MR) is 127 cm³/mol. The van der Waals surface area contributed by atoms with Gasteiger partial charge >= 0.3 is 0 Å². The van der Waals surface area contributed by atoms with Gasteiger partial charge in [0.1, 0.15) is 11.3 Å². The first-order valence-electron chi connectivity index (χ1n) is 10.8. The molecule has 0 radical (unpaired) electrons. The van der Waals surface area contributed by atoms with Gasteiger partial charge in [0.15, 0.2) is 15.5 Å². The average molecular weight is 488 g/mol. The van der Waals surface area contributed by atoms with Crippen molar-refractivity contribution in [3.05, 3.63) is 53.0 Å². The SMILES string of the molecule is Cc1nc2c(C(N)=O)cnn2c(C)c1CCC(=O)N(C)CCCOc1cccc(S(C)(=O)=O)c1. The summed E-state index contributed by atoms with van der Waals surface area (Å²) >= 11 is 0. The largest absolute Gasteiger partial charge is 0.493 e. The number of fused-ring (bicyclic) bond motifs is 1. The highest BCUT2D eigenvalue weighted by Crippen LogP contribution is 2.19. The number of primary amides is 1. The maximum atomic E-state index is 12.6. The van der Waals surface area contributed by atoms with Crippen LogP contribution in [0.5, 0.6) is 5.75 Å². The Labute approximate surface area is 198 Å². The van der Waals surface area contributed by atoms with Crippen molar-refractivity contribution in [2.24, 2.45) is 5.73 Å². The van der Waals surface area contributed by atoms with Gasteiger partial charge in [0, 0.05) is 37.7 Å². The molecule has 2 aromatic heterocycles. The van der Waals surface area contributed by atoms with Crippen LogP contribution in [0.15, 0.2) is 35.4 Å². The van der Waals surface area contributed by atoms with E-state index in [0.29, 0.717) is 43.8 Å². The number of amides is 2. The second kappa shape index (κ2) is 10.2. The van der Waals surface area contributed by atoms with Gasteiger partial charge in [-0.2, -0.15) is 5.10 Å². The van der Waals surface area contributed by atoms with E-state index in [0.717, 1.165) is 23.2 Å². The number of aromatic nitrogens is 3. The summed E-state index contributed by atoms with van der Waals surface area (Å²) in [5.41, 5.74) is 8.51. The molecule has 0 spiro atoms. The molecule has 0 saturated carbocycles. The highest BCUT2D eigenvalue weighted by Gasteiger charge is 2.18. The quantitative estimate of drug-likeness (QED) is 0.430. The van der Waals surface area contributed by atoms with Gasteiger partial charge in [-0.15, -0.1) is 0 Å². The topological polar surface area (TPSA) is 137 Å². The zero-order valence-corrected chi connectivity index (χ0v) is 20.6. The summed E-state index contributed by atoms with van der Waals surface area (Å²) in [6.45, 7) is 4.57. The summed E-state index contributed by atoms with van der Waals surface area (Å²) in [5.74, 6) is -0.127. The molecule has 34 heavy (non-hydrogen) atoms. The smallest absolute Gasteiger partial charge is 0.254 e. The van der Waals surface area contributed by atoms with Crippen molar-refractivity contribution in [3.63, 3.8) is 0 Å². The number of nitrogens with zero attached hydrogens (tertiary/aromatic N) is 4. The fourth-order valence-corrected chi connectivity index (χ4v) is 4.34. The number of benzene rings is 1. The second-order valence-electron chi connectivity index (χ2n) is 8.18. The minimum absolute atomic E-state index is 0.0174. The van der Waals surface area contributed by atoms with Gasteiger partial charge in [0.2, 0.25) is 5.91 Å².